The van der Waals surface area contributed by atoms with Gasteiger partial charge in [0.25, 0.3) is 0 Å². The molecule has 0 spiro atoms. The third kappa shape index (κ3) is 3.79. The Kier molecular flexibility index (Phi) is 5.38. The van der Waals surface area contributed by atoms with Gasteiger partial charge in [0.05, 0.1) is 13.2 Å². The summed E-state index contributed by atoms with van der Waals surface area (Å²) in [4.78, 5) is 0. The molecule has 2 nitrogen and oxygen atoms in total. The van der Waals surface area contributed by atoms with E-state index in [-0.39, 0.29) is 0 Å². The van der Waals surface area contributed by atoms with E-state index in [4.69, 9.17) is 21.1 Å². The number of methoxy groups -OCH3 is 1. The third-order valence-electron chi connectivity index (χ3n) is 4.05. The molecule has 0 unspecified atom stereocenters. The minimum atomic E-state index is 0.322. The summed E-state index contributed by atoms with van der Waals surface area (Å²) in [5, 5.41) is 0. The van der Waals surface area contributed by atoms with Gasteiger partial charge < -0.3 is 9.47 Å². The molecule has 3 heteroatoms. The summed E-state index contributed by atoms with van der Waals surface area (Å²) in [6, 6.07) is 5.91. The second-order valence-electron chi connectivity index (χ2n) is 5.29. The average Bonchev–Trinajstić information content (AvgIpc) is 2.48. The Balaban J connectivity index is 2.02. The molecule has 0 radical (unpaired) electrons. The molecule has 2 rings (SSSR count). The van der Waals surface area contributed by atoms with Crippen LogP contribution in [0.5, 0.6) is 11.5 Å². The molecule has 1 aliphatic rings. The van der Waals surface area contributed by atoms with Gasteiger partial charge in [-0.15, -0.1) is 11.6 Å². The number of alkyl halides is 1. The molecular weight excluding hydrogens is 260 g/mol. The lowest BCUT2D eigenvalue weighted by Gasteiger charge is -2.28. The summed E-state index contributed by atoms with van der Waals surface area (Å²) in [7, 11) is 1.68. The summed E-state index contributed by atoms with van der Waals surface area (Å²) in [6.07, 6.45) is 6.46. The Morgan fingerprint density at radius 2 is 1.89 bits per heavy atom. The first-order chi connectivity index (χ1) is 9.26. The van der Waals surface area contributed by atoms with Crippen LogP contribution >= 0.6 is 11.6 Å². The number of hydrogen-bond acceptors (Lipinski definition) is 2. The number of hydrogen-bond donors (Lipinski definition) is 0. The highest BCUT2D eigenvalue weighted by atomic mass is 35.5. The first kappa shape index (κ1) is 14.5. The molecule has 1 saturated carbocycles. The van der Waals surface area contributed by atoms with Gasteiger partial charge in [-0.1, -0.05) is 19.4 Å². The molecule has 0 saturated heterocycles. The molecule has 0 aromatic heterocycles. The molecule has 1 aromatic rings. The lowest BCUT2D eigenvalue weighted by Crippen LogP contribution is -2.24. The fourth-order valence-corrected chi connectivity index (χ4v) is 2.90. The fraction of sp³-hybridized carbons (Fsp3) is 0.625. The van der Waals surface area contributed by atoms with Crippen LogP contribution in [-0.2, 0) is 5.88 Å². The van der Waals surface area contributed by atoms with Gasteiger partial charge in [0.1, 0.15) is 0 Å². The predicted octanol–water partition coefficient (Wildman–Crippen LogP) is 4.78. The van der Waals surface area contributed by atoms with E-state index in [9.17, 15) is 0 Å². The van der Waals surface area contributed by atoms with Crippen molar-refractivity contribution in [1.29, 1.82) is 0 Å². The highest BCUT2D eigenvalue weighted by molar-refractivity contribution is 6.17. The normalized spacial score (nSPS) is 23.1. The molecule has 106 valence electrons. The minimum Gasteiger partial charge on any atom is -0.493 e. The summed E-state index contributed by atoms with van der Waals surface area (Å²) in [5.41, 5.74) is 1.07. The van der Waals surface area contributed by atoms with E-state index >= 15 is 0 Å². The van der Waals surface area contributed by atoms with E-state index in [1.807, 2.05) is 18.2 Å². The quantitative estimate of drug-likeness (QED) is 0.724. The van der Waals surface area contributed by atoms with Crippen LogP contribution in [0, 0.1) is 5.92 Å². The summed E-state index contributed by atoms with van der Waals surface area (Å²) in [6.45, 7) is 2.28. The Morgan fingerprint density at radius 3 is 2.47 bits per heavy atom. The molecule has 1 aliphatic carbocycles. The van der Waals surface area contributed by atoms with Crippen molar-refractivity contribution in [3.8, 4) is 11.5 Å². The van der Waals surface area contributed by atoms with Gasteiger partial charge in [-0.3, -0.25) is 0 Å². The predicted molar refractivity (Wildman–Crippen MR) is 79.2 cm³/mol. The zero-order chi connectivity index (χ0) is 13.7. The van der Waals surface area contributed by atoms with Crippen molar-refractivity contribution >= 4 is 11.6 Å². The molecule has 0 N–H and O–H groups in total. The molecule has 19 heavy (non-hydrogen) atoms. The van der Waals surface area contributed by atoms with Crippen molar-refractivity contribution < 1.29 is 9.47 Å². The van der Waals surface area contributed by atoms with Gasteiger partial charge in [-0.25, -0.2) is 0 Å². The second-order valence-corrected chi connectivity index (χ2v) is 5.55. The SMILES string of the molecule is CCC1CCC(Oc2cc(CCl)ccc2OC)CC1. The van der Waals surface area contributed by atoms with Crippen LogP contribution in [0.1, 0.15) is 44.6 Å². The number of benzene rings is 1. The highest BCUT2D eigenvalue weighted by Gasteiger charge is 2.22. The largest absolute Gasteiger partial charge is 0.493 e. The Bertz CT molecular complexity index is 398. The highest BCUT2D eigenvalue weighted by Crippen LogP contribution is 2.34. The van der Waals surface area contributed by atoms with Crippen LogP contribution in [-0.4, -0.2) is 13.2 Å². The first-order valence-corrected chi connectivity index (χ1v) is 7.69. The summed E-state index contributed by atoms with van der Waals surface area (Å²) < 4.78 is 11.5. The second kappa shape index (κ2) is 7.04. The van der Waals surface area contributed by atoms with Crippen molar-refractivity contribution in [2.24, 2.45) is 5.92 Å². The van der Waals surface area contributed by atoms with E-state index in [0.717, 1.165) is 35.8 Å². The molecule has 0 aliphatic heterocycles. The van der Waals surface area contributed by atoms with Crippen LogP contribution < -0.4 is 9.47 Å². The molecule has 0 bridgehead atoms. The van der Waals surface area contributed by atoms with E-state index < -0.39 is 0 Å². The summed E-state index contributed by atoms with van der Waals surface area (Å²) in [5.74, 6) is 3.02. The van der Waals surface area contributed by atoms with Crippen molar-refractivity contribution in [2.75, 3.05) is 7.11 Å². The van der Waals surface area contributed by atoms with E-state index in [0.29, 0.717) is 12.0 Å². The molecule has 1 aromatic carbocycles. The van der Waals surface area contributed by atoms with Crippen LogP contribution in [0.15, 0.2) is 18.2 Å². The van der Waals surface area contributed by atoms with Gasteiger partial charge in [0.2, 0.25) is 0 Å². The maximum absolute atomic E-state index is 6.13. The van der Waals surface area contributed by atoms with Gasteiger partial charge >= 0.3 is 0 Å². The van der Waals surface area contributed by atoms with E-state index in [2.05, 4.69) is 6.92 Å². The smallest absolute Gasteiger partial charge is 0.161 e. The zero-order valence-electron chi connectivity index (χ0n) is 11.8. The van der Waals surface area contributed by atoms with Gasteiger partial charge in [-0.05, 0) is 49.3 Å². The number of halogens is 1. The van der Waals surface area contributed by atoms with Crippen molar-refractivity contribution in [3.05, 3.63) is 23.8 Å². The lowest BCUT2D eigenvalue weighted by molar-refractivity contribution is 0.126. The van der Waals surface area contributed by atoms with Crippen molar-refractivity contribution in [3.63, 3.8) is 0 Å². The fourth-order valence-electron chi connectivity index (χ4n) is 2.73. The maximum atomic E-state index is 6.13. The van der Waals surface area contributed by atoms with E-state index in [1.165, 1.54) is 19.3 Å². The van der Waals surface area contributed by atoms with Crippen LogP contribution in [0.2, 0.25) is 0 Å². The van der Waals surface area contributed by atoms with Gasteiger partial charge in [0, 0.05) is 5.88 Å². The van der Waals surface area contributed by atoms with Crippen LogP contribution in [0.4, 0.5) is 0 Å². The Morgan fingerprint density at radius 1 is 1.16 bits per heavy atom. The topological polar surface area (TPSA) is 18.5 Å². The standard InChI is InChI=1S/C16H23ClO2/c1-3-12-4-7-14(8-5-12)19-16-10-13(11-17)6-9-15(16)18-2/h6,9-10,12,14H,3-5,7-8,11H2,1-2H3. The minimum absolute atomic E-state index is 0.322. The molecule has 1 fully saturated rings. The summed E-state index contributed by atoms with van der Waals surface area (Å²) >= 11 is 5.88. The first-order valence-electron chi connectivity index (χ1n) is 7.16. The third-order valence-corrected chi connectivity index (χ3v) is 4.36. The molecule has 0 heterocycles. The molecule has 0 atom stereocenters. The van der Waals surface area contributed by atoms with Crippen LogP contribution in [0.25, 0.3) is 0 Å². The van der Waals surface area contributed by atoms with E-state index in [1.54, 1.807) is 7.11 Å². The maximum Gasteiger partial charge on any atom is 0.161 e. The van der Waals surface area contributed by atoms with Crippen LogP contribution in [0.3, 0.4) is 0 Å². The molecular formula is C16H23ClO2. The Labute approximate surface area is 121 Å². The zero-order valence-corrected chi connectivity index (χ0v) is 12.6. The average molecular weight is 283 g/mol. The molecule has 0 amide bonds. The monoisotopic (exact) mass is 282 g/mol. The Hall–Kier alpha value is -0.890. The number of ether oxygens (including phenoxy) is 2. The van der Waals surface area contributed by atoms with Gasteiger partial charge in [-0.2, -0.15) is 0 Å². The van der Waals surface area contributed by atoms with Gasteiger partial charge in [0.15, 0.2) is 11.5 Å². The van der Waals surface area contributed by atoms with Crippen molar-refractivity contribution in [1.82, 2.24) is 0 Å². The van der Waals surface area contributed by atoms with Crippen molar-refractivity contribution in [2.45, 2.75) is 51.0 Å². The number of rotatable bonds is 5. The lowest BCUT2D eigenvalue weighted by atomic mass is 9.86.